The highest BCUT2D eigenvalue weighted by atomic mass is 35.5. The third-order valence-electron chi connectivity index (χ3n) is 7.54. The van der Waals surface area contributed by atoms with Crippen molar-refractivity contribution in [2.45, 2.75) is 18.4 Å². The first kappa shape index (κ1) is 27.9. The summed E-state index contributed by atoms with van der Waals surface area (Å²) in [5, 5.41) is 0.509. The van der Waals surface area contributed by atoms with Gasteiger partial charge in [-0.2, -0.15) is 9.97 Å². The second kappa shape index (κ2) is 11.3. The fourth-order valence-corrected chi connectivity index (χ4v) is 6.07. The monoisotopic (exact) mass is 633 g/mol. The summed E-state index contributed by atoms with van der Waals surface area (Å²) in [6.45, 7) is 1.44. The number of amides is 1. The van der Waals surface area contributed by atoms with E-state index >= 15 is 0 Å². The lowest BCUT2D eigenvalue weighted by Crippen LogP contribution is -2.65. The van der Waals surface area contributed by atoms with Crippen LogP contribution >= 0.6 is 23.2 Å². The number of ether oxygens (including phenoxy) is 2. The van der Waals surface area contributed by atoms with Gasteiger partial charge in [-0.25, -0.2) is 19.9 Å². The molecular weight excluding hydrogens is 609 g/mol. The first-order valence-corrected chi connectivity index (χ1v) is 14.4. The highest BCUT2D eigenvalue weighted by molar-refractivity contribution is 6.30. The van der Waals surface area contributed by atoms with Gasteiger partial charge >= 0.3 is 0 Å². The maximum atomic E-state index is 12.9. The molecule has 0 aliphatic carbocycles. The maximum absolute atomic E-state index is 12.9. The van der Waals surface area contributed by atoms with Gasteiger partial charge in [-0.15, -0.1) is 0 Å². The van der Waals surface area contributed by atoms with Crippen LogP contribution in [0.15, 0.2) is 67.8 Å². The number of benzene rings is 1. The maximum Gasteiger partial charge on any atom is 0.238 e. The zero-order valence-electron chi connectivity index (χ0n) is 23.1. The number of carbonyl (C=O) groups is 1. The summed E-state index contributed by atoms with van der Waals surface area (Å²) in [5.41, 5.74) is 5.97. The number of aromatic nitrogens is 8. The van der Waals surface area contributed by atoms with Gasteiger partial charge < -0.3 is 25.0 Å². The van der Waals surface area contributed by atoms with E-state index < -0.39 is 11.4 Å². The van der Waals surface area contributed by atoms with E-state index in [-0.39, 0.29) is 23.5 Å². The van der Waals surface area contributed by atoms with Crippen LogP contribution in [0.3, 0.4) is 0 Å². The van der Waals surface area contributed by atoms with Gasteiger partial charge in [0.2, 0.25) is 24.6 Å². The average Bonchev–Trinajstić information content (AvgIpc) is 3.79. The molecule has 6 heterocycles. The van der Waals surface area contributed by atoms with Gasteiger partial charge in [0, 0.05) is 56.6 Å². The predicted octanol–water partition coefficient (Wildman–Crippen LogP) is 2.86. The van der Waals surface area contributed by atoms with Crippen LogP contribution in [0.5, 0.6) is 11.5 Å². The van der Waals surface area contributed by atoms with Crippen LogP contribution < -0.4 is 25.0 Å². The van der Waals surface area contributed by atoms with Gasteiger partial charge in [0.15, 0.2) is 11.5 Å². The van der Waals surface area contributed by atoms with Crippen molar-refractivity contribution in [1.82, 2.24) is 39.0 Å². The van der Waals surface area contributed by atoms with Crippen LogP contribution in [0.1, 0.15) is 12.0 Å². The second-order valence-electron chi connectivity index (χ2n) is 10.4. The van der Waals surface area contributed by atoms with E-state index in [2.05, 4.69) is 29.7 Å². The number of hydrogen-bond acceptors (Lipinski definition) is 11. The zero-order valence-corrected chi connectivity index (χ0v) is 24.6. The Morgan fingerprint density at radius 1 is 0.864 bits per heavy atom. The summed E-state index contributed by atoms with van der Waals surface area (Å²) >= 11 is 13.0. The van der Waals surface area contributed by atoms with Crippen LogP contribution in [0.2, 0.25) is 10.3 Å². The van der Waals surface area contributed by atoms with Crippen molar-refractivity contribution in [3.8, 4) is 23.4 Å². The molecule has 224 valence electrons. The fraction of sp³-hybridized carbons (Fsp3) is 0.250. The molecule has 2 aliphatic rings. The lowest BCUT2D eigenvalue weighted by molar-refractivity contribution is -0.119. The molecule has 0 spiro atoms. The smallest absolute Gasteiger partial charge is 0.238 e. The molecule has 5 aromatic rings. The molecule has 14 nitrogen and oxygen atoms in total. The van der Waals surface area contributed by atoms with E-state index in [1.54, 1.807) is 58.7 Å². The van der Waals surface area contributed by atoms with E-state index in [0.717, 1.165) is 5.56 Å². The minimum atomic E-state index is -0.908. The molecule has 1 atom stereocenters. The normalized spacial score (nSPS) is 17.7. The van der Waals surface area contributed by atoms with Crippen molar-refractivity contribution in [3.05, 3.63) is 83.6 Å². The van der Waals surface area contributed by atoms with Crippen LogP contribution in [0, 0.1) is 0 Å². The Kier molecular flexibility index (Phi) is 7.14. The number of halogens is 2. The summed E-state index contributed by atoms with van der Waals surface area (Å²) in [4.78, 5) is 43.6. The van der Waals surface area contributed by atoms with Crippen LogP contribution in [-0.2, 0) is 11.2 Å². The lowest BCUT2D eigenvalue weighted by Gasteiger charge is -2.51. The van der Waals surface area contributed by atoms with Crippen molar-refractivity contribution >= 4 is 40.7 Å². The van der Waals surface area contributed by atoms with Crippen LogP contribution in [-0.4, -0.2) is 76.9 Å². The van der Waals surface area contributed by atoms with E-state index in [1.165, 1.54) is 0 Å². The molecule has 7 rings (SSSR count). The second-order valence-corrected chi connectivity index (χ2v) is 11.2. The van der Waals surface area contributed by atoms with Crippen molar-refractivity contribution < 1.29 is 14.3 Å². The summed E-state index contributed by atoms with van der Waals surface area (Å²) in [6.07, 6.45) is 10.3. The first-order chi connectivity index (χ1) is 21.3. The molecule has 4 aromatic heterocycles. The Morgan fingerprint density at radius 2 is 1.52 bits per heavy atom. The molecular formula is C28H25Cl2N11O3. The van der Waals surface area contributed by atoms with Crippen molar-refractivity contribution in [1.29, 1.82) is 0 Å². The van der Waals surface area contributed by atoms with Gasteiger partial charge in [0.05, 0.1) is 12.0 Å². The molecule has 1 saturated heterocycles. The van der Waals surface area contributed by atoms with Gasteiger partial charge in [-0.05, 0) is 24.1 Å². The zero-order chi connectivity index (χ0) is 30.3. The molecule has 2 N–H and O–H groups in total. The van der Waals surface area contributed by atoms with Crippen LogP contribution in [0.25, 0.3) is 11.9 Å². The Morgan fingerprint density at radius 3 is 2.18 bits per heavy atom. The Bertz CT molecular complexity index is 1820. The predicted molar refractivity (Wildman–Crippen MR) is 161 cm³/mol. The van der Waals surface area contributed by atoms with Crippen molar-refractivity contribution in [2.75, 3.05) is 36.2 Å². The van der Waals surface area contributed by atoms with Crippen molar-refractivity contribution in [3.63, 3.8) is 0 Å². The number of fused-ring (bicyclic) bond motifs is 1. The number of rotatable bonds is 8. The molecule has 1 aromatic carbocycles. The number of hydrogen-bond donors (Lipinski definition) is 1. The quantitative estimate of drug-likeness (QED) is 0.251. The fourth-order valence-electron chi connectivity index (χ4n) is 5.73. The van der Waals surface area contributed by atoms with Gasteiger partial charge in [-0.1, -0.05) is 29.3 Å². The van der Waals surface area contributed by atoms with E-state index in [9.17, 15) is 4.79 Å². The highest BCUT2D eigenvalue weighted by Crippen LogP contribution is 2.39. The van der Waals surface area contributed by atoms with E-state index in [4.69, 9.17) is 48.4 Å². The largest absolute Gasteiger partial charge is 0.454 e. The minimum absolute atomic E-state index is 0.00678. The molecule has 0 bridgehead atoms. The molecule has 16 heteroatoms. The average molecular weight is 634 g/mol. The minimum Gasteiger partial charge on any atom is -0.454 e. The number of primary amides is 1. The van der Waals surface area contributed by atoms with Gasteiger partial charge in [0.25, 0.3) is 0 Å². The van der Waals surface area contributed by atoms with E-state index in [1.807, 2.05) is 18.2 Å². The Hall–Kier alpha value is -4.95. The number of imidazole rings is 2. The molecule has 0 radical (unpaired) electrons. The number of nitrogens with two attached hydrogens (primary N) is 1. The summed E-state index contributed by atoms with van der Waals surface area (Å²) in [5.74, 6) is 2.66. The third kappa shape index (κ3) is 5.44. The third-order valence-corrected chi connectivity index (χ3v) is 7.92. The summed E-state index contributed by atoms with van der Waals surface area (Å²) in [6, 6.07) is 9.12. The number of piperazine rings is 1. The van der Waals surface area contributed by atoms with Crippen molar-refractivity contribution in [2.24, 2.45) is 5.73 Å². The van der Waals surface area contributed by atoms with Gasteiger partial charge in [-0.3, -0.25) is 13.9 Å². The molecule has 44 heavy (non-hydrogen) atoms. The lowest BCUT2D eigenvalue weighted by atomic mass is 9.82. The summed E-state index contributed by atoms with van der Waals surface area (Å²) < 4.78 is 14.5. The Balaban J connectivity index is 1.33. The standard InChI is InChI=1S/C28H25Cl2N11O3/c29-21-10-24(36-26(34-21)39-5-3-32-15-39)38-7-8-41(25-11-22(30)35-27(37-25)40-6-4-33-16-40)28(14-38,13-23(31)42)12-18-1-2-19-20(9-18)44-17-43-19/h1-6,9-11,15-16H,7-8,12-14,17H2,(H2,31,42). The van der Waals surface area contributed by atoms with Crippen LogP contribution in [0.4, 0.5) is 11.6 Å². The first-order valence-electron chi connectivity index (χ1n) is 13.6. The highest BCUT2D eigenvalue weighted by Gasteiger charge is 2.45. The summed E-state index contributed by atoms with van der Waals surface area (Å²) in [7, 11) is 0. The SMILES string of the molecule is NC(=O)CC1(Cc2ccc3c(c2)OCO3)CN(c2cc(Cl)nc(-n3ccnc3)n2)CCN1c1cc(Cl)nc(-n2ccnc2)n1. The molecule has 1 amide bonds. The molecule has 1 fully saturated rings. The van der Waals surface area contributed by atoms with E-state index in [0.29, 0.717) is 61.1 Å². The molecule has 2 aliphatic heterocycles. The number of anilines is 2. The molecule has 1 unspecified atom stereocenters. The number of carbonyl (C=O) groups excluding carboxylic acids is 1. The Labute approximate surface area is 261 Å². The van der Waals surface area contributed by atoms with Gasteiger partial charge in [0.1, 0.15) is 34.6 Å². The topological polar surface area (TPSA) is 155 Å². The molecule has 0 saturated carbocycles. The number of nitrogens with zero attached hydrogens (tertiary/aromatic N) is 10.